The van der Waals surface area contributed by atoms with Crippen LogP contribution in [0.2, 0.25) is 0 Å². The summed E-state index contributed by atoms with van der Waals surface area (Å²) in [4.78, 5) is 26.0. The molecule has 1 aliphatic rings. The molecule has 0 atom stereocenters. The highest BCUT2D eigenvalue weighted by atomic mass is 32.1. The number of rotatable bonds is 9. The summed E-state index contributed by atoms with van der Waals surface area (Å²) in [7, 11) is 0. The average molecular weight is 451 g/mol. The number of hydrogen-bond acceptors (Lipinski definition) is 6. The van der Waals surface area contributed by atoms with E-state index in [4.69, 9.17) is 9.72 Å². The van der Waals surface area contributed by atoms with E-state index in [1.807, 2.05) is 29.3 Å². The summed E-state index contributed by atoms with van der Waals surface area (Å²) < 4.78 is 5.44. The normalized spacial score (nSPS) is 14.4. The van der Waals surface area contributed by atoms with E-state index in [0.29, 0.717) is 19.5 Å². The van der Waals surface area contributed by atoms with Gasteiger partial charge >= 0.3 is 0 Å². The zero-order valence-electron chi connectivity index (χ0n) is 18.6. The first-order chi connectivity index (χ1) is 15.7. The Hall–Kier alpha value is -2.61. The summed E-state index contributed by atoms with van der Waals surface area (Å²) in [6.45, 7) is 7.92. The zero-order chi connectivity index (χ0) is 22.2. The lowest BCUT2D eigenvalue weighted by Gasteiger charge is -2.26. The molecule has 1 fully saturated rings. The summed E-state index contributed by atoms with van der Waals surface area (Å²) in [6.07, 6.45) is 4.76. The number of ether oxygens (including phenoxy) is 1. The topological polar surface area (TPSA) is 58.6 Å². The fraction of sp³-hybridized carbons (Fsp3) is 0.400. The Morgan fingerprint density at radius 1 is 1.16 bits per heavy atom. The van der Waals surface area contributed by atoms with Crippen molar-refractivity contribution in [1.29, 1.82) is 0 Å². The fourth-order valence-electron chi connectivity index (χ4n) is 3.88. The third-order valence-corrected chi connectivity index (χ3v) is 6.66. The van der Waals surface area contributed by atoms with Crippen LogP contribution in [-0.2, 0) is 28.9 Å². The Morgan fingerprint density at radius 2 is 1.97 bits per heavy atom. The zero-order valence-corrected chi connectivity index (χ0v) is 19.4. The van der Waals surface area contributed by atoms with Crippen LogP contribution >= 0.6 is 11.3 Å². The predicted octanol–water partition coefficient (Wildman–Crippen LogP) is 3.67. The second kappa shape index (κ2) is 11.3. The molecule has 7 heteroatoms. The molecule has 4 rings (SSSR count). The number of amides is 1. The summed E-state index contributed by atoms with van der Waals surface area (Å²) in [6, 6.07) is 12.6. The minimum Gasteiger partial charge on any atom is -0.379 e. The third-order valence-electron chi connectivity index (χ3n) is 5.72. The molecule has 1 amide bonds. The molecule has 32 heavy (non-hydrogen) atoms. The maximum Gasteiger partial charge on any atom is 0.228 e. The highest BCUT2D eigenvalue weighted by Gasteiger charge is 2.16. The summed E-state index contributed by atoms with van der Waals surface area (Å²) in [5.74, 6) is 0.125. The van der Waals surface area contributed by atoms with Crippen LogP contribution in [0.25, 0.3) is 10.6 Å². The van der Waals surface area contributed by atoms with Crippen LogP contribution in [0.15, 0.2) is 54.2 Å². The van der Waals surface area contributed by atoms with Crippen LogP contribution in [0.1, 0.15) is 23.7 Å². The monoisotopic (exact) mass is 450 g/mol. The van der Waals surface area contributed by atoms with Gasteiger partial charge < -0.3 is 9.64 Å². The maximum absolute atomic E-state index is 12.8. The van der Waals surface area contributed by atoms with Gasteiger partial charge in [0.25, 0.3) is 0 Å². The number of morpholine rings is 1. The van der Waals surface area contributed by atoms with Crippen LogP contribution < -0.4 is 0 Å². The van der Waals surface area contributed by atoms with Gasteiger partial charge in [0, 0.05) is 56.1 Å². The summed E-state index contributed by atoms with van der Waals surface area (Å²) in [5.41, 5.74) is 4.44. The van der Waals surface area contributed by atoms with Crippen molar-refractivity contribution >= 4 is 17.2 Å². The van der Waals surface area contributed by atoms with Gasteiger partial charge in [0.05, 0.1) is 25.3 Å². The molecule has 3 heterocycles. The van der Waals surface area contributed by atoms with Crippen LogP contribution in [0.4, 0.5) is 0 Å². The Morgan fingerprint density at radius 3 is 2.75 bits per heavy atom. The Balaban J connectivity index is 1.35. The molecule has 0 N–H and O–H groups in total. The molecule has 6 nitrogen and oxygen atoms in total. The molecule has 0 aliphatic carbocycles. The van der Waals surface area contributed by atoms with Gasteiger partial charge in [-0.3, -0.25) is 14.7 Å². The number of pyridine rings is 1. The molecule has 0 unspecified atom stereocenters. The Kier molecular flexibility index (Phi) is 7.98. The van der Waals surface area contributed by atoms with Gasteiger partial charge in [0.15, 0.2) is 0 Å². The van der Waals surface area contributed by atoms with Gasteiger partial charge in [0.2, 0.25) is 5.91 Å². The number of thiazole rings is 1. The van der Waals surface area contributed by atoms with E-state index in [1.54, 1.807) is 23.7 Å². The number of nitrogens with zero attached hydrogens (tertiary/aromatic N) is 4. The lowest BCUT2D eigenvalue weighted by molar-refractivity contribution is -0.130. The number of hydrogen-bond donors (Lipinski definition) is 0. The van der Waals surface area contributed by atoms with E-state index >= 15 is 0 Å². The highest BCUT2D eigenvalue weighted by molar-refractivity contribution is 7.13. The maximum atomic E-state index is 12.8. The van der Waals surface area contributed by atoms with E-state index in [9.17, 15) is 4.79 Å². The largest absolute Gasteiger partial charge is 0.379 e. The van der Waals surface area contributed by atoms with Crippen LogP contribution in [0.5, 0.6) is 0 Å². The Labute approximate surface area is 193 Å². The first kappa shape index (κ1) is 22.6. The van der Waals surface area contributed by atoms with Crippen molar-refractivity contribution in [3.05, 3.63) is 71.0 Å². The molecule has 1 aliphatic heterocycles. The van der Waals surface area contributed by atoms with Crippen LogP contribution in [-0.4, -0.2) is 65.1 Å². The van der Waals surface area contributed by atoms with E-state index < -0.39 is 0 Å². The molecule has 0 spiro atoms. The van der Waals surface area contributed by atoms with Gasteiger partial charge in [-0.05, 0) is 42.7 Å². The number of carbonyl (C=O) groups excluding carboxylic acids is 1. The van der Waals surface area contributed by atoms with Gasteiger partial charge in [-0.25, -0.2) is 4.98 Å². The van der Waals surface area contributed by atoms with Crippen molar-refractivity contribution in [2.24, 2.45) is 0 Å². The van der Waals surface area contributed by atoms with Crippen LogP contribution in [0.3, 0.4) is 0 Å². The van der Waals surface area contributed by atoms with Crippen molar-refractivity contribution in [3.63, 3.8) is 0 Å². The highest BCUT2D eigenvalue weighted by Crippen LogP contribution is 2.25. The standard InChI is InChI=1S/C25H30N4O2S/c1-2-29(11-8-20-6-9-26-10-7-20)24(30)17-23-19-32-25(27-23)22-5-3-4-21(16-22)18-28-12-14-31-15-13-28/h3-7,9-10,16,19H,2,8,11-15,17-18H2,1H3. The molecule has 0 radical (unpaired) electrons. The molecule has 0 bridgehead atoms. The van der Waals surface area contributed by atoms with Crippen LogP contribution in [0, 0.1) is 0 Å². The quantitative estimate of drug-likeness (QED) is 0.498. The molecule has 3 aromatic rings. The van der Waals surface area contributed by atoms with Crippen molar-refractivity contribution in [2.75, 3.05) is 39.4 Å². The molecule has 1 saturated heterocycles. The fourth-order valence-corrected chi connectivity index (χ4v) is 4.70. The molecule has 2 aromatic heterocycles. The van der Waals surface area contributed by atoms with Crippen molar-refractivity contribution < 1.29 is 9.53 Å². The molecule has 168 valence electrons. The Bertz CT molecular complexity index is 1000. The molecule has 0 saturated carbocycles. The predicted molar refractivity (Wildman–Crippen MR) is 128 cm³/mol. The van der Waals surface area contributed by atoms with Gasteiger partial charge in [-0.15, -0.1) is 11.3 Å². The minimum atomic E-state index is 0.125. The molecular formula is C25H30N4O2S. The number of carbonyl (C=O) groups is 1. The molecular weight excluding hydrogens is 420 g/mol. The number of benzene rings is 1. The van der Waals surface area contributed by atoms with Gasteiger partial charge in [-0.1, -0.05) is 18.2 Å². The first-order valence-electron chi connectivity index (χ1n) is 11.2. The molecule has 1 aromatic carbocycles. The summed E-state index contributed by atoms with van der Waals surface area (Å²) >= 11 is 1.61. The van der Waals surface area contributed by atoms with E-state index in [-0.39, 0.29) is 5.91 Å². The second-order valence-electron chi connectivity index (χ2n) is 7.99. The van der Waals surface area contributed by atoms with Crippen molar-refractivity contribution in [2.45, 2.75) is 26.3 Å². The van der Waals surface area contributed by atoms with Gasteiger partial charge in [0.1, 0.15) is 5.01 Å². The smallest absolute Gasteiger partial charge is 0.228 e. The SMILES string of the molecule is CCN(CCc1ccncc1)C(=O)Cc1csc(-c2cccc(CN3CCOCC3)c2)n1. The first-order valence-corrected chi connectivity index (χ1v) is 12.1. The second-order valence-corrected chi connectivity index (χ2v) is 8.85. The van der Waals surface area contributed by atoms with E-state index in [0.717, 1.165) is 55.5 Å². The lowest BCUT2D eigenvalue weighted by Crippen LogP contribution is -2.35. The number of aromatic nitrogens is 2. The van der Waals surface area contributed by atoms with Crippen molar-refractivity contribution in [1.82, 2.24) is 19.8 Å². The minimum absolute atomic E-state index is 0.125. The third kappa shape index (κ3) is 6.22. The van der Waals surface area contributed by atoms with E-state index in [2.05, 4.69) is 34.1 Å². The van der Waals surface area contributed by atoms with Crippen molar-refractivity contribution in [3.8, 4) is 10.6 Å². The van der Waals surface area contributed by atoms with Gasteiger partial charge in [-0.2, -0.15) is 0 Å². The van der Waals surface area contributed by atoms with E-state index in [1.165, 1.54) is 11.1 Å². The average Bonchev–Trinajstić information content (AvgIpc) is 3.29. The number of likely N-dealkylation sites (N-methyl/N-ethyl adjacent to an activating group) is 1. The summed E-state index contributed by atoms with van der Waals surface area (Å²) in [5, 5.41) is 2.98. The lowest BCUT2D eigenvalue weighted by atomic mass is 10.1.